The molecule has 0 amide bonds. The number of hydrogen-bond acceptors (Lipinski definition) is 4. The molecule has 1 heterocycles. The number of ether oxygens (including phenoxy) is 2. The van der Waals surface area contributed by atoms with Crippen LogP contribution in [-0.4, -0.2) is 23.2 Å². The summed E-state index contributed by atoms with van der Waals surface area (Å²) >= 11 is 0. The van der Waals surface area contributed by atoms with Crippen molar-refractivity contribution < 1.29 is 14.3 Å². The van der Waals surface area contributed by atoms with Crippen molar-refractivity contribution in [2.45, 2.75) is 38.7 Å². The zero-order chi connectivity index (χ0) is 14.9. The number of esters is 1. The second-order valence-electron chi connectivity index (χ2n) is 5.50. The molecule has 110 valence electrons. The molecule has 4 heteroatoms. The highest BCUT2D eigenvalue weighted by Gasteiger charge is 2.48. The van der Waals surface area contributed by atoms with E-state index in [1.54, 1.807) is 6.20 Å². The van der Waals surface area contributed by atoms with E-state index in [4.69, 9.17) is 9.47 Å². The zero-order valence-corrected chi connectivity index (χ0v) is 12.4. The first-order chi connectivity index (χ1) is 10.1. The van der Waals surface area contributed by atoms with Gasteiger partial charge in [0.1, 0.15) is 5.75 Å². The number of carbonyl (C=O) groups excluding carboxylic acids is 1. The van der Waals surface area contributed by atoms with Crippen molar-refractivity contribution in [2.24, 2.45) is 0 Å². The lowest BCUT2D eigenvalue weighted by atomic mass is 9.80. The molecule has 3 rings (SSSR count). The number of carbonyl (C=O) groups is 1. The SMILES string of the molecule is CCOC(=O)C1(Oc2ccnc3cc(C)ccc23)CCC1. The molecule has 4 nitrogen and oxygen atoms in total. The van der Waals surface area contributed by atoms with Crippen LogP contribution >= 0.6 is 0 Å². The zero-order valence-electron chi connectivity index (χ0n) is 12.4. The van der Waals surface area contributed by atoms with Gasteiger partial charge >= 0.3 is 5.97 Å². The standard InChI is InChI=1S/C17H19NO3/c1-3-20-16(19)17(8-4-9-17)21-15-7-10-18-14-11-12(2)5-6-13(14)15/h5-7,10-11H,3-4,8-9H2,1-2H3. The van der Waals surface area contributed by atoms with Gasteiger partial charge in [-0.1, -0.05) is 6.07 Å². The quantitative estimate of drug-likeness (QED) is 0.808. The van der Waals surface area contributed by atoms with Crippen LogP contribution in [0.5, 0.6) is 5.75 Å². The van der Waals surface area contributed by atoms with Crippen LogP contribution in [0.15, 0.2) is 30.5 Å². The fourth-order valence-electron chi connectivity index (χ4n) is 2.64. The van der Waals surface area contributed by atoms with Gasteiger partial charge in [-0.25, -0.2) is 4.79 Å². The molecule has 1 fully saturated rings. The third-order valence-corrected chi connectivity index (χ3v) is 3.97. The van der Waals surface area contributed by atoms with E-state index in [1.165, 1.54) is 0 Å². The highest BCUT2D eigenvalue weighted by atomic mass is 16.6. The van der Waals surface area contributed by atoms with Crippen molar-refractivity contribution in [1.82, 2.24) is 4.98 Å². The van der Waals surface area contributed by atoms with Gasteiger partial charge in [-0.05, 0) is 56.9 Å². The van der Waals surface area contributed by atoms with Gasteiger partial charge < -0.3 is 9.47 Å². The lowest BCUT2D eigenvalue weighted by Gasteiger charge is -2.39. The predicted octanol–water partition coefficient (Wildman–Crippen LogP) is 3.41. The van der Waals surface area contributed by atoms with E-state index in [2.05, 4.69) is 4.98 Å². The fraction of sp³-hybridized carbons (Fsp3) is 0.412. The Labute approximate surface area is 124 Å². The van der Waals surface area contributed by atoms with Crippen LogP contribution in [0.1, 0.15) is 31.7 Å². The van der Waals surface area contributed by atoms with Gasteiger partial charge in [-0.2, -0.15) is 0 Å². The van der Waals surface area contributed by atoms with Crippen LogP contribution in [0.3, 0.4) is 0 Å². The van der Waals surface area contributed by atoms with Gasteiger partial charge in [0.15, 0.2) is 0 Å². The van der Waals surface area contributed by atoms with Crippen molar-refractivity contribution in [3.63, 3.8) is 0 Å². The molecule has 0 spiro atoms. The molecule has 1 aromatic heterocycles. The predicted molar refractivity (Wildman–Crippen MR) is 80.3 cm³/mol. The van der Waals surface area contributed by atoms with Crippen molar-refractivity contribution in [2.75, 3.05) is 6.61 Å². The monoisotopic (exact) mass is 285 g/mol. The number of pyridine rings is 1. The van der Waals surface area contributed by atoms with E-state index in [-0.39, 0.29) is 5.97 Å². The van der Waals surface area contributed by atoms with Crippen molar-refractivity contribution in [1.29, 1.82) is 0 Å². The third kappa shape index (κ3) is 2.46. The Morgan fingerprint density at radius 1 is 1.33 bits per heavy atom. The molecule has 1 aromatic carbocycles. The largest absolute Gasteiger partial charge is 0.475 e. The second-order valence-corrected chi connectivity index (χ2v) is 5.50. The fourth-order valence-corrected chi connectivity index (χ4v) is 2.64. The van der Waals surface area contributed by atoms with E-state index in [0.717, 1.165) is 22.9 Å². The lowest BCUT2D eigenvalue weighted by Crippen LogP contribution is -2.51. The number of hydrogen-bond donors (Lipinski definition) is 0. The van der Waals surface area contributed by atoms with Gasteiger partial charge in [0, 0.05) is 11.6 Å². The minimum atomic E-state index is -0.810. The van der Waals surface area contributed by atoms with Gasteiger partial charge in [0.05, 0.1) is 12.1 Å². The molecule has 21 heavy (non-hydrogen) atoms. The van der Waals surface area contributed by atoms with Crippen LogP contribution in [0.2, 0.25) is 0 Å². The second kappa shape index (κ2) is 5.35. The summed E-state index contributed by atoms with van der Waals surface area (Å²) in [5.41, 5.74) is 1.22. The minimum Gasteiger partial charge on any atom is -0.475 e. The normalized spacial score (nSPS) is 16.3. The molecule has 0 N–H and O–H groups in total. The molecule has 1 saturated carbocycles. The van der Waals surface area contributed by atoms with Gasteiger partial charge in [0.2, 0.25) is 5.60 Å². The topological polar surface area (TPSA) is 48.4 Å². The number of aryl methyl sites for hydroxylation is 1. The van der Waals surface area contributed by atoms with Crippen LogP contribution in [0.25, 0.3) is 10.9 Å². The van der Waals surface area contributed by atoms with Crippen molar-refractivity contribution in [3.8, 4) is 5.75 Å². The van der Waals surface area contributed by atoms with E-state index in [1.807, 2.05) is 38.1 Å². The van der Waals surface area contributed by atoms with Crippen LogP contribution in [0, 0.1) is 6.92 Å². The Morgan fingerprint density at radius 3 is 2.81 bits per heavy atom. The van der Waals surface area contributed by atoms with E-state index >= 15 is 0 Å². The highest BCUT2D eigenvalue weighted by Crippen LogP contribution is 2.39. The van der Waals surface area contributed by atoms with Gasteiger partial charge in [-0.3, -0.25) is 4.98 Å². The molecule has 2 aromatic rings. The Kier molecular flexibility index (Phi) is 3.53. The van der Waals surface area contributed by atoms with E-state index in [0.29, 0.717) is 25.2 Å². The van der Waals surface area contributed by atoms with Crippen LogP contribution < -0.4 is 4.74 Å². The average Bonchev–Trinajstić information content (AvgIpc) is 2.42. The number of fused-ring (bicyclic) bond motifs is 1. The molecular formula is C17H19NO3. The van der Waals surface area contributed by atoms with E-state index < -0.39 is 5.60 Å². The summed E-state index contributed by atoms with van der Waals surface area (Å²) in [4.78, 5) is 16.5. The Balaban J connectivity index is 1.95. The molecule has 1 aliphatic rings. The Morgan fingerprint density at radius 2 is 2.14 bits per heavy atom. The molecule has 0 atom stereocenters. The first kappa shape index (κ1) is 13.9. The Hall–Kier alpha value is -2.10. The number of rotatable bonds is 4. The number of aromatic nitrogens is 1. The first-order valence-electron chi connectivity index (χ1n) is 7.36. The summed E-state index contributed by atoms with van der Waals surface area (Å²) in [5, 5.41) is 0.929. The molecule has 0 saturated heterocycles. The third-order valence-electron chi connectivity index (χ3n) is 3.97. The summed E-state index contributed by atoms with van der Waals surface area (Å²) in [5.74, 6) is 0.445. The highest BCUT2D eigenvalue weighted by molar-refractivity contribution is 5.87. The molecule has 1 aliphatic carbocycles. The maximum atomic E-state index is 12.2. The minimum absolute atomic E-state index is 0.256. The van der Waals surface area contributed by atoms with Gasteiger partial charge in [-0.15, -0.1) is 0 Å². The summed E-state index contributed by atoms with van der Waals surface area (Å²) < 4.78 is 11.3. The molecular weight excluding hydrogens is 266 g/mol. The lowest BCUT2D eigenvalue weighted by molar-refractivity contribution is -0.169. The maximum Gasteiger partial charge on any atom is 0.350 e. The molecule has 0 radical (unpaired) electrons. The smallest absolute Gasteiger partial charge is 0.350 e. The summed E-state index contributed by atoms with van der Waals surface area (Å²) in [7, 11) is 0. The Bertz CT molecular complexity index is 677. The summed E-state index contributed by atoms with van der Waals surface area (Å²) in [6.45, 7) is 4.22. The molecule has 0 aliphatic heterocycles. The first-order valence-corrected chi connectivity index (χ1v) is 7.36. The van der Waals surface area contributed by atoms with Gasteiger partial charge in [0.25, 0.3) is 0 Å². The number of benzene rings is 1. The van der Waals surface area contributed by atoms with Crippen molar-refractivity contribution in [3.05, 3.63) is 36.0 Å². The summed E-state index contributed by atoms with van der Waals surface area (Å²) in [6, 6.07) is 7.84. The maximum absolute atomic E-state index is 12.2. The number of nitrogens with zero attached hydrogens (tertiary/aromatic N) is 1. The summed E-state index contributed by atoms with van der Waals surface area (Å²) in [6.07, 6.45) is 4.12. The van der Waals surface area contributed by atoms with E-state index in [9.17, 15) is 4.79 Å². The van der Waals surface area contributed by atoms with Crippen LogP contribution in [-0.2, 0) is 9.53 Å². The molecule has 0 unspecified atom stereocenters. The van der Waals surface area contributed by atoms with Crippen LogP contribution in [0.4, 0.5) is 0 Å². The average molecular weight is 285 g/mol. The van der Waals surface area contributed by atoms with Crippen molar-refractivity contribution >= 4 is 16.9 Å². The molecule has 0 bridgehead atoms.